The summed E-state index contributed by atoms with van der Waals surface area (Å²) in [6.07, 6.45) is 0. The Morgan fingerprint density at radius 1 is 0.571 bits per heavy atom. The van der Waals surface area contributed by atoms with Crippen LogP contribution in [0.5, 0.6) is 0 Å². The van der Waals surface area contributed by atoms with Crippen LogP contribution in [0.2, 0.25) is 0 Å². The van der Waals surface area contributed by atoms with Gasteiger partial charge in [-0.15, -0.1) is 0 Å². The van der Waals surface area contributed by atoms with Gasteiger partial charge in [0.25, 0.3) is 0 Å². The van der Waals surface area contributed by atoms with Crippen molar-refractivity contribution in [2.45, 2.75) is 0 Å². The Morgan fingerprint density at radius 3 is 2.14 bits per heavy atom. The second kappa shape index (κ2) is 4.59. The lowest BCUT2D eigenvalue weighted by molar-refractivity contribution is 0.426. The lowest BCUT2D eigenvalue weighted by Gasteiger charge is -2.11. The maximum absolute atomic E-state index is 9.65. The summed E-state index contributed by atoms with van der Waals surface area (Å²) in [7, 11) is -1.47. The van der Waals surface area contributed by atoms with Crippen molar-refractivity contribution in [3.8, 4) is 0 Å². The van der Waals surface area contributed by atoms with Gasteiger partial charge in [0.1, 0.15) is 0 Å². The first-order valence-corrected chi connectivity index (χ1v) is 6.95. The van der Waals surface area contributed by atoms with Crippen molar-refractivity contribution < 1.29 is 10.0 Å². The molecule has 0 saturated carbocycles. The van der Waals surface area contributed by atoms with Crippen LogP contribution in [0.15, 0.2) is 66.7 Å². The molecular formula is C18H13BO2. The minimum absolute atomic E-state index is 0.549. The van der Waals surface area contributed by atoms with Gasteiger partial charge in [-0.3, -0.25) is 0 Å². The largest absolute Gasteiger partial charge is 0.489 e. The Morgan fingerprint density at radius 2 is 1.29 bits per heavy atom. The van der Waals surface area contributed by atoms with Gasteiger partial charge in [-0.1, -0.05) is 66.7 Å². The molecule has 4 rings (SSSR count). The second-order valence-electron chi connectivity index (χ2n) is 5.27. The summed E-state index contributed by atoms with van der Waals surface area (Å²) in [6.45, 7) is 0. The summed E-state index contributed by atoms with van der Waals surface area (Å²) < 4.78 is 0. The van der Waals surface area contributed by atoms with Crippen molar-refractivity contribution in [3.05, 3.63) is 66.7 Å². The molecule has 0 spiro atoms. The summed E-state index contributed by atoms with van der Waals surface area (Å²) in [6, 6.07) is 22.1. The number of benzene rings is 4. The molecule has 0 aliphatic heterocycles. The highest BCUT2D eigenvalue weighted by Gasteiger charge is 2.16. The van der Waals surface area contributed by atoms with Crippen LogP contribution >= 0.6 is 0 Å². The van der Waals surface area contributed by atoms with E-state index in [9.17, 15) is 10.0 Å². The summed E-state index contributed by atoms with van der Waals surface area (Å²) in [5.74, 6) is 0. The van der Waals surface area contributed by atoms with Gasteiger partial charge in [0, 0.05) is 0 Å². The highest BCUT2D eigenvalue weighted by atomic mass is 16.4. The lowest BCUT2D eigenvalue weighted by atomic mass is 9.76. The Bertz CT molecular complexity index is 976. The van der Waals surface area contributed by atoms with Gasteiger partial charge in [-0.05, 0) is 37.8 Å². The van der Waals surface area contributed by atoms with Gasteiger partial charge in [-0.25, -0.2) is 0 Å². The van der Waals surface area contributed by atoms with Crippen molar-refractivity contribution in [2.24, 2.45) is 0 Å². The van der Waals surface area contributed by atoms with Gasteiger partial charge in [-0.2, -0.15) is 0 Å². The average Bonchev–Trinajstić information content (AvgIpc) is 2.53. The van der Waals surface area contributed by atoms with Crippen molar-refractivity contribution >= 4 is 44.9 Å². The molecule has 0 heterocycles. The summed E-state index contributed by atoms with van der Waals surface area (Å²) in [4.78, 5) is 0. The molecule has 3 heteroatoms. The fraction of sp³-hybridized carbons (Fsp3) is 0. The molecular weight excluding hydrogens is 259 g/mol. The molecule has 0 fully saturated rings. The quantitative estimate of drug-likeness (QED) is 0.413. The molecule has 0 bridgehead atoms. The topological polar surface area (TPSA) is 40.5 Å². The second-order valence-corrected chi connectivity index (χ2v) is 5.27. The SMILES string of the molecule is OB(O)c1cccc2ccc3c4ccccc4ccc3c12. The smallest absolute Gasteiger partial charge is 0.423 e. The molecule has 4 aromatic rings. The normalized spacial score (nSPS) is 11.3. The highest BCUT2D eigenvalue weighted by Crippen LogP contribution is 2.30. The lowest BCUT2D eigenvalue weighted by Crippen LogP contribution is -2.30. The van der Waals surface area contributed by atoms with Crippen LogP contribution in [-0.2, 0) is 0 Å². The van der Waals surface area contributed by atoms with Gasteiger partial charge in [0.15, 0.2) is 0 Å². The van der Waals surface area contributed by atoms with E-state index in [-0.39, 0.29) is 0 Å². The minimum atomic E-state index is -1.47. The van der Waals surface area contributed by atoms with E-state index in [1.807, 2.05) is 30.3 Å². The summed E-state index contributed by atoms with van der Waals surface area (Å²) in [5.41, 5.74) is 0.549. The third-order valence-electron chi connectivity index (χ3n) is 4.08. The van der Waals surface area contributed by atoms with E-state index in [1.54, 1.807) is 6.07 Å². The van der Waals surface area contributed by atoms with E-state index >= 15 is 0 Å². The van der Waals surface area contributed by atoms with Crippen LogP contribution in [-0.4, -0.2) is 17.2 Å². The fourth-order valence-electron chi connectivity index (χ4n) is 3.12. The van der Waals surface area contributed by atoms with E-state index in [0.29, 0.717) is 5.46 Å². The molecule has 0 atom stereocenters. The monoisotopic (exact) mass is 272 g/mol. The van der Waals surface area contributed by atoms with Crippen LogP contribution in [0.3, 0.4) is 0 Å². The molecule has 0 saturated heterocycles. The van der Waals surface area contributed by atoms with Crippen LogP contribution in [0.4, 0.5) is 0 Å². The third kappa shape index (κ3) is 1.83. The van der Waals surface area contributed by atoms with Crippen LogP contribution in [0, 0.1) is 0 Å². The van der Waals surface area contributed by atoms with Gasteiger partial charge >= 0.3 is 7.12 Å². The minimum Gasteiger partial charge on any atom is -0.423 e. The summed E-state index contributed by atoms with van der Waals surface area (Å²) >= 11 is 0. The first-order chi connectivity index (χ1) is 10.3. The fourth-order valence-corrected chi connectivity index (χ4v) is 3.12. The van der Waals surface area contributed by atoms with Crippen molar-refractivity contribution in [1.82, 2.24) is 0 Å². The van der Waals surface area contributed by atoms with Crippen LogP contribution < -0.4 is 5.46 Å². The number of hydrogen-bond acceptors (Lipinski definition) is 2. The first kappa shape index (κ1) is 12.4. The molecule has 0 aliphatic carbocycles. The predicted molar refractivity (Wildman–Crippen MR) is 88.8 cm³/mol. The molecule has 0 aromatic heterocycles. The Labute approximate surface area is 122 Å². The van der Waals surface area contributed by atoms with E-state index in [4.69, 9.17) is 0 Å². The van der Waals surface area contributed by atoms with Gasteiger partial charge in [0.2, 0.25) is 0 Å². The maximum Gasteiger partial charge on any atom is 0.489 e. The zero-order valence-corrected chi connectivity index (χ0v) is 11.3. The first-order valence-electron chi connectivity index (χ1n) is 6.95. The molecule has 0 unspecified atom stereocenters. The van der Waals surface area contributed by atoms with Crippen molar-refractivity contribution in [2.75, 3.05) is 0 Å². The molecule has 0 amide bonds. The Kier molecular flexibility index (Phi) is 2.71. The standard InChI is InChI=1S/C18H13BO2/c20-19(21)17-7-3-5-13-9-10-15-14-6-2-1-4-12(14)8-11-16(15)18(13)17/h1-11,20-21H. The molecule has 0 radical (unpaired) electrons. The molecule has 21 heavy (non-hydrogen) atoms. The number of hydrogen-bond donors (Lipinski definition) is 2. The van der Waals surface area contributed by atoms with Gasteiger partial charge in [0.05, 0.1) is 0 Å². The van der Waals surface area contributed by atoms with E-state index in [0.717, 1.165) is 21.5 Å². The highest BCUT2D eigenvalue weighted by molar-refractivity contribution is 6.63. The third-order valence-corrected chi connectivity index (χ3v) is 4.08. The van der Waals surface area contributed by atoms with E-state index < -0.39 is 7.12 Å². The molecule has 4 aromatic carbocycles. The maximum atomic E-state index is 9.65. The average molecular weight is 272 g/mol. The van der Waals surface area contributed by atoms with Crippen LogP contribution in [0.1, 0.15) is 0 Å². The van der Waals surface area contributed by atoms with Crippen molar-refractivity contribution in [3.63, 3.8) is 0 Å². The molecule has 2 N–H and O–H groups in total. The van der Waals surface area contributed by atoms with Crippen molar-refractivity contribution in [1.29, 1.82) is 0 Å². The number of rotatable bonds is 1. The van der Waals surface area contributed by atoms with Gasteiger partial charge < -0.3 is 10.0 Å². The van der Waals surface area contributed by atoms with Crippen LogP contribution in [0.25, 0.3) is 32.3 Å². The zero-order valence-electron chi connectivity index (χ0n) is 11.3. The summed E-state index contributed by atoms with van der Waals surface area (Å²) in [5, 5.41) is 25.8. The Hall–Kier alpha value is -2.36. The van der Waals surface area contributed by atoms with E-state index in [1.165, 1.54) is 10.8 Å². The predicted octanol–water partition coefficient (Wildman–Crippen LogP) is 2.83. The molecule has 0 aliphatic rings. The zero-order chi connectivity index (χ0) is 14.4. The Balaban J connectivity index is 2.26. The molecule has 2 nitrogen and oxygen atoms in total. The van der Waals surface area contributed by atoms with E-state index in [2.05, 4.69) is 30.3 Å². The number of fused-ring (bicyclic) bond motifs is 5. The molecule has 100 valence electrons.